The van der Waals surface area contributed by atoms with E-state index in [0.29, 0.717) is 17.8 Å². The normalized spacial score (nSPS) is 29.5. The summed E-state index contributed by atoms with van der Waals surface area (Å²) in [6.07, 6.45) is 7.24. The topological polar surface area (TPSA) is 56.0 Å². The molecule has 3 aromatic rings. The Hall–Kier alpha value is -2.68. The fraction of sp³-hybridized carbons (Fsp3) is 0.360. The maximum Gasteiger partial charge on any atom is 0.224 e. The van der Waals surface area contributed by atoms with E-state index < -0.39 is 0 Å². The number of fused-ring (bicyclic) bond motifs is 1. The lowest BCUT2D eigenvalue weighted by Gasteiger charge is -2.34. The molecule has 2 aliphatic carbocycles. The zero-order valence-electron chi connectivity index (χ0n) is 16.1. The van der Waals surface area contributed by atoms with Crippen LogP contribution in [0.4, 0.5) is 0 Å². The number of aromatic nitrogens is 1. The molecule has 142 valence electrons. The summed E-state index contributed by atoms with van der Waals surface area (Å²) >= 11 is 0. The van der Waals surface area contributed by atoms with Crippen molar-refractivity contribution in [1.29, 1.82) is 0 Å². The van der Waals surface area contributed by atoms with Gasteiger partial charge in [0.15, 0.2) is 0 Å². The third-order valence-corrected chi connectivity index (χ3v) is 7.24. The van der Waals surface area contributed by atoms with E-state index in [-0.39, 0.29) is 11.3 Å². The molecule has 2 aromatic carbocycles. The molecular weight excluding hydrogens is 344 g/mol. The van der Waals surface area contributed by atoms with Crippen LogP contribution >= 0.6 is 0 Å². The van der Waals surface area contributed by atoms with Crippen LogP contribution in [0.5, 0.6) is 0 Å². The molecule has 5 rings (SSSR count). The van der Waals surface area contributed by atoms with E-state index in [1.807, 2.05) is 18.3 Å². The molecule has 0 radical (unpaired) electrons. The van der Waals surface area contributed by atoms with Gasteiger partial charge in [0.1, 0.15) is 0 Å². The van der Waals surface area contributed by atoms with Crippen LogP contribution in [0, 0.1) is 11.3 Å². The van der Waals surface area contributed by atoms with Crippen LogP contribution in [0.3, 0.4) is 0 Å². The number of nitrogens with two attached hydrogens (primary N) is 1. The van der Waals surface area contributed by atoms with Crippen molar-refractivity contribution in [3.63, 3.8) is 0 Å². The van der Waals surface area contributed by atoms with Crippen molar-refractivity contribution in [2.75, 3.05) is 0 Å². The SMILES string of the molecule is NC(=O)C1(C2CCC(c3ccnc4ccccc34)CC2)CC1c1ccccc1. The van der Waals surface area contributed by atoms with Gasteiger partial charge in [0.25, 0.3) is 0 Å². The molecule has 2 atom stereocenters. The van der Waals surface area contributed by atoms with Crippen LogP contribution in [0.2, 0.25) is 0 Å². The van der Waals surface area contributed by atoms with E-state index in [2.05, 4.69) is 53.5 Å². The van der Waals surface area contributed by atoms with Crippen molar-refractivity contribution in [2.24, 2.45) is 17.1 Å². The second kappa shape index (κ2) is 6.73. The number of hydrogen-bond acceptors (Lipinski definition) is 2. The summed E-state index contributed by atoms with van der Waals surface area (Å²) in [6.45, 7) is 0. The molecule has 1 aromatic heterocycles. The highest BCUT2D eigenvalue weighted by atomic mass is 16.1. The van der Waals surface area contributed by atoms with Gasteiger partial charge >= 0.3 is 0 Å². The maximum absolute atomic E-state index is 12.5. The van der Waals surface area contributed by atoms with Crippen molar-refractivity contribution in [3.8, 4) is 0 Å². The predicted octanol–water partition coefficient (Wildman–Crippen LogP) is 5.17. The Morgan fingerprint density at radius 3 is 2.39 bits per heavy atom. The van der Waals surface area contributed by atoms with Gasteiger partial charge in [-0.15, -0.1) is 0 Å². The quantitative estimate of drug-likeness (QED) is 0.689. The van der Waals surface area contributed by atoms with Gasteiger partial charge in [0.2, 0.25) is 5.91 Å². The molecule has 2 fully saturated rings. The predicted molar refractivity (Wildman–Crippen MR) is 112 cm³/mol. The minimum absolute atomic E-state index is 0.0980. The number of nitrogens with zero attached hydrogens (tertiary/aromatic N) is 1. The second-order valence-corrected chi connectivity index (χ2v) is 8.54. The van der Waals surface area contributed by atoms with Crippen molar-refractivity contribution >= 4 is 16.8 Å². The highest BCUT2D eigenvalue weighted by molar-refractivity contribution is 5.86. The lowest BCUT2D eigenvalue weighted by Crippen LogP contribution is -2.35. The zero-order chi connectivity index (χ0) is 19.1. The molecule has 0 bridgehead atoms. The summed E-state index contributed by atoms with van der Waals surface area (Å²) in [6, 6.07) is 21.0. The largest absolute Gasteiger partial charge is 0.369 e. The minimum atomic E-state index is -0.327. The van der Waals surface area contributed by atoms with Gasteiger partial charge in [-0.1, -0.05) is 48.5 Å². The van der Waals surface area contributed by atoms with Crippen molar-refractivity contribution in [3.05, 3.63) is 78.0 Å². The number of hydrogen-bond donors (Lipinski definition) is 1. The number of rotatable bonds is 4. The van der Waals surface area contributed by atoms with Gasteiger partial charge in [-0.25, -0.2) is 0 Å². The first-order valence-electron chi connectivity index (χ1n) is 10.4. The molecule has 28 heavy (non-hydrogen) atoms. The first-order chi connectivity index (χ1) is 13.7. The van der Waals surface area contributed by atoms with Gasteiger partial charge in [0.05, 0.1) is 10.9 Å². The highest BCUT2D eigenvalue weighted by Gasteiger charge is 2.63. The van der Waals surface area contributed by atoms with Gasteiger partial charge in [0, 0.05) is 11.6 Å². The van der Waals surface area contributed by atoms with E-state index in [0.717, 1.165) is 37.6 Å². The molecule has 1 heterocycles. The average Bonchev–Trinajstić information content (AvgIpc) is 3.51. The average molecular weight is 370 g/mol. The van der Waals surface area contributed by atoms with Crippen molar-refractivity contribution < 1.29 is 4.79 Å². The van der Waals surface area contributed by atoms with Crippen LogP contribution in [0.1, 0.15) is 55.1 Å². The standard InChI is InChI=1S/C25H26N2O/c26-24(28)25(16-22(25)18-6-2-1-3-7-18)19-12-10-17(11-13-19)20-14-15-27-23-9-5-4-8-21(20)23/h1-9,14-15,17,19,22H,10-13,16H2,(H2,26,28). The summed E-state index contributed by atoms with van der Waals surface area (Å²) in [5, 5.41) is 1.27. The summed E-state index contributed by atoms with van der Waals surface area (Å²) < 4.78 is 0. The summed E-state index contributed by atoms with van der Waals surface area (Å²) in [4.78, 5) is 17.0. The lowest BCUT2D eigenvalue weighted by atomic mass is 9.70. The Labute approximate surface area is 166 Å². The molecule has 1 amide bonds. The Morgan fingerprint density at radius 1 is 0.929 bits per heavy atom. The van der Waals surface area contributed by atoms with Crippen LogP contribution in [0.15, 0.2) is 66.9 Å². The van der Waals surface area contributed by atoms with Crippen LogP contribution in [-0.4, -0.2) is 10.9 Å². The molecule has 0 spiro atoms. The smallest absolute Gasteiger partial charge is 0.224 e. The summed E-state index contributed by atoms with van der Waals surface area (Å²) in [5.74, 6) is 1.15. The summed E-state index contributed by atoms with van der Waals surface area (Å²) in [7, 11) is 0. The molecule has 2 saturated carbocycles. The molecule has 2 aliphatic rings. The number of primary amides is 1. The molecule has 2 N–H and O–H groups in total. The van der Waals surface area contributed by atoms with E-state index in [4.69, 9.17) is 5.73 Å². The third-order valence-electron chi connectivity index (χ3n) is 7.24. The maximum atomic E-state index is 12.5. The minimum Gasteiger partial charge on any atom is -0.369 e. The molecule has 0 aliphatic heterocycles. The van der Waals surface area contributed by atoms with Crippen molar-refractivity contribution in [1.82, 2.24) is 4.98 Å². The molecule has 3 heteroatoms. The Balaban J connectivity index is 1.36. The third kappa shape index (κ3) is 2.72. The number of carbonyl (C=O) groups excluding carboxylic acids is 1. The molecular formula is C25H26N2O. The van der Waals surface area contributed by atoms with Gasteiger partial charge in [-0.05, 0) is 73.1 Å². The van der Waals surface area contributed by atoms with Gasteiger partial charge in [-0.3, -0.25) is 9.78 Å². The van der Waals surface area contributed by atoms with E-state index in [9.17, 15) is 4.79 Å². The van der Waals surface area contributed by atoms with E-state index in [1.54, 1.807) is 0 Å². The van der Waals surface area contributed by atoms with Crippen molar-refractivity contribution in [2.45, 2.75) is 43.9 Å². The molecule has 3 nitrogen and oxygen atoms in total. The number of pyridine rings is 1. The van der Waals surface area contributed by atoms with Crippen LogP contribution in [-0.2, 0) is 4.79 Å². The van der Waals surface area contributed by atoms with Gasteiger partial charge in [-0.2, -0.15) is 0 Å². The van der Waals surface area contributed by atoms with E-state index >= 15 is 0 Å². The first kappa shape index (κ1) is 17.4. The second-order valence-electron chi connectivity index (χ2n) is 8.54. The van der Waals surface area contributed by atoms with Gasteiger partial charge < -0.3 is 5.73 Å². The number of benzene rings is 2. The van der Waals surface area contributed by atoms with Crippen LogP contribution < -0.4 is 5.73 Å². The zero-order valence-corrected chi connectivity index (χ0v) is 16.1. The number of carbonyl (C=O) groups is 1. The fourth-order valence-electron chi connectivity index (χ4n) is 5.70. The van der Waals surface area contributed by atoms with E-state index in [1.165, 1.54) is 16.5 Å². The fourth-order valence-corrected chi connectivity index (χ4v) is 5.70. The first-order valence-corrected chi connectivity index (χ1v) is 10.4. The lowest BCUT2D eigenvalue weighted by molar-refractivity contribution is -0.125. The summed E-state index contributed by atoms with van der Waals surface area (Å²) in [5.41, 5.74) is 9.39. The Bertz CT molecular complexity index is 1000. The highest BCUT2D eigenvalue weighted by Crippen LogP contribution is 2.66. The number of para-hydroxylation sites is 1. The monoisotopic (exact) mass is 370 g/mol. The Kier molecular flexibility index (Phi) is 4.19. The number of amides is 1. The molecule has 0 saturated heterocycles. The van der Waals surface area contributed by atoms with Crippen LogP contribution in [0.25, 0.3) is 10.9 Å². The molecule has 2 unspecified atom stereocenters. The Morgan fingerprint density at radius 2 is 1.64 bits per heavy atom.